The molecule has 8 nitrogen and oxygen atoms in total. The Morgan fingerprint density at radius 2 is 2.11 bits per heavy atom. The fourth-order valence-electron chi connectivity index (χ4n) is 2.36. The first-order valence-corrected chi connectivity index (χ1v) is 5.73. The minimum Gasteiger partial charge on any atom is -0.481 e. The molecule has 1 saturated carbocycles. The Morgan fingerprint density at radius 1 is 1.44 bits per heavy atom. The van der Waals surface area contributed by atoms with E-state index in [1.807, 2.05) is 0 Å². The summed E-state index contributed by atoms with van der Waals surface area (Å²) in [5.74, 6) is -1.40. The number of aromatic nitrogens is 3. The molecular formula is C10H15N5O3. The van der Waals surface area contributed by atoms with E-state index in [0.29, 0.717) is 12.8 Å². The quantitative estimate of drug-likeness (QED) is 0.592. The van der Waals surface area contributed by atoms with Crippen LogP contribution in [0, 0.1) is 0 Å². The van der Waals surface area contributed by atoms with E-state index in [2.05, 4.69) is 20.5 Å². The van der Waals surface area contributed by atoms with E-state index in [-0.39, 0.29) is 18.2 Å². The van der Waals surface area contributed by atoms with E-state index in [1.54, 1.807) is 0 Å². The van der Waals surface area contributed by atoms with Crippen molar-refractivity contribution in [2.45, 2.75) is 37.6 Å². The Hall–Kier alpha value is -2.12. The number of nitrogen functional groups attached to an aromatic ring is 1. The van der Waals surface area contributed by atoms with Crippen molar-refractivity contribution in [3.05, 3.63) is 5.82 Å². The van der Waals surface area contributed by atoms with Gasteiger partial charge < -0.3 is 16.2 Å². The first kappa shape index (κ1) is 12.3. The van der Waals surface area contributed by atoms with Crippen molar-refractivity contribution < 1.29 is 14.7 Å². The number of carbonyl (C=O) groups excluding carboxylic acids is 1. The fourth-order valence-corrected chi connectivity index (χ4v) is 2.36. The number of nitrogens with zero attached hydrogens (tertiary/aromatic N) is 2. The van der Waals surface area contributed by atoms with Gasteiger partial charge in [-0.3, -0.25) is 14.7 Å². The standard InChI is InChI=1S/C10H15N5O3/c11-9-12-7(14-15-9)8(18)13-10(5-6(16)17)3-1-2-4-10/h1-5H2,(H,13,18)(H,16,17)(H3,11,12,14,15). The lowest BCUT2D eigenvalue weighted by atomic mass is 9.93. The maximum absolute atomic E-state index is 11.9. The molecule has 1 aromatic rings. The van der Waals surface area contributed by atoms with Gasteiger partial charge in [0.1, 0.15) is 0 Å². The van der Waals surface area contributed by atoms with Crippen LogP contribution >= 0.6 is 0 Å². The van der Waals surface area contributed by atoms with Crippen molar-refractivity contribution >= 4 is 17.8 Å². The third kappa shape index (κ3) is 2.58. The van der Waals surface area contributed by atoms with E-state index in [0.717, 1.165) is 12.8 Å². The number of carboxylic acid groups (broad SMARTS) is 1. The average molecular weight is 253 g/mol. The van der Waals surface area contributed by atoms with E-state index in [9.17, 15) is 9.59 Å². The number of hydrogen-bond acceptors (Lipinski definition) is 5. The third-order valence-corrected chi connectivity index (χ3v) is 3.15. The van der Waals surface area contributed by atoms with E-state index < -0.39 is 17.4 Å². The SMILES string of the molecule is Nc1n[nH]c(C(=O)NC2(CC(=O)O)CCCC2)n1. The molecule has 0 radical (unpaired) electrons. The Balaban J connectivity index is 2.09. The summed E-state index contributed by atoms with van der Waals surface area (Å²) < 4.78 is 0. The fraction of sp³-hybridized carbons (Fsp3) is 0.600. The minimum atomic E-state index is -0.922. The number of carboxylic acids is 1. The van der Waals surface area contributed by atoms with Crippen molar-refractivity contribution in [1.29, 1.82) is 0 Å². The molecule has 1 heterocycles. The highest BCUT2D eigenvalue weighted by Gasteiger charge is 2.38. The molecule has 0 aromatic carbocycles. The number of carbonyl (C=O) groups is 2. The maximum atomic E-state index is 11.9. The molecule has 2 rings (SSSR count). The van der Waals surface area contributed by atoms with E-state index in [1.165, 1.54) is 0 Å². The normalized spacial score (nSPS) is 17.6. The second-order valence-electron chi connectivity index (χ2n) is 4.55. The van der Waals surface area contributed by atoms with Crippen LogP contribution in [-0.4, -0.2) is 37.7 Å². The van der Waals surface area contributed by atoms with Crippen molar-refractivity contribution in [3.63, 3.8) is 0 Å². The Bertz CT molecular complexity index is 464. The Labute approximate surface area is 103 Å². The summed E-state index contributed by atoms with van der Waals surface area (Å²) in [5.41, 5.74) is 4.63. The molecule has 1 aliphatic rings. The van der Waals surface area contributed by atoms with Crippen molar-refractivity contribution in [2.75, 3.05) is 5.73 Å². The number of hydrogen-bond donors (Lipinski definition) is 4. The predicted octanol–water partition coefficient (Wildman–Crippen LogP) is -0.0958. The zero-order valence-corrected chi connectivity index (χ0v) is 9.77. The second kappa shape index (κ2) is 4.63. The second-order valence-corrected chi connectivity index (χ2v) is 4.55. The highest BCUT2D eigenvalue weighted by atomic mass is 16.4. The highest BCUT2D eigenvalue weighted by molar-refractivity contribution is 5.91. The molecule has 18 heavy (non-hydrogen) atoms. The van der Waals surface area contributed by atoms with Gasteiger partial charge in [0.05, 0.1) is 12.0 Å². The summed E-state index contributed by atoms with van der Waals surface area (Å²) in [6.45, 7) is 0. The van der Waals surface area contributed by atoms with Crippen LogP contribution in [0.5, 0.6) is 0 Å². The number of anilines is 1. The monoisotopic (exact) mass is 253 g/mol. The maximum Gasteiger partial charge on any atom is 0.305 e. The Morgan fingerprint density at radius 3 is 2.61 bits per heavy atom. The lowest BCUT2D eigenvalue weighted by Gasteiger charge is -2.28. The largest absolute Gasteiger partial charge is 0.481 e. The summed E-state index contributed by atoms with van der Waals surface area (Å²) in [4.78, 5) is 26.5. The van der Waals surface area contributed by atoms with Gasteiger partial charge in [-0.15, -0.1) is 5.10 Å². The van der Waals surface area contributed by atoms with E-state index in [4.69, 9.17) is 10.8 Å². The van der Waals surface area contributed by atoms with Gasteiger partial charge in [0, 0.05) is 0 Å². The molecule has 1 amide bonds. The molecule has 98 valence electrons. The van der Waals surface area contributed by atoms with Gasteiger partial charge in [-0.25, -0.2) is 0 Å². The smallest absolute Gasteiger partial charge is 0.305 e. The van der Waals surface area contributed by atoms with Gasteiger partial charge in [0.15, 0.2) is 0 Å². The molecule has 1 fully saturated rings. The third-order valence-electron chi connectivity index (χ3n) is 3.15. The first-order chi connectivity index (χ1) is 8.51. The molecule has 0 aliphatic heterocycles. The van der Waals surface area contributed by atoms with Crippen LogP contribution in [0.25, 0.3) is 0 Å². The predicted molar refractivity (Wildman–Crippen MR) is 61.7 cm³/mol. The van der Waals surface area contributed by atoms with Gasteiger partial charge in [-0.05, 0) is 12.8 Å². The van der Waals surface area contributed by atoms with Crippen molar-refractivity contribution in [1.82, 2.24) is 20.5 Å². The first-order valence-electron chi connectivity index (χ1n) is 5.73. The van der Waals surface area contributed by atoms with Gasteiger partial charge in [0.2, 0.25) is 11.8 Å². The molecule has 1 aliphatic carbocycles. The van der Waals surface area contributed by atoms with Crippen LogP contribution in [-0.2, 0) is 4.79 Å². The van der Waals surface area contributed by atoms with Crippen LogP contribution in [0.2, 0.25) is 0 Å². The number of aliphatic carboxylic acids is 1. The van der Waals surface area contributed by atoms with Gasteiger partial charge >= 0.3 is 5.97 Å². The lowest BCUT2D eigenvalue weighted by Crippen LogP contribution is -2.48. The summed E-state index contributed by atoms with van der Waals surface area (Å²) >= 11 is 0. The Kier molecular flexibility index (Phi) is 3.17. The lowest BCUT2D eigenvalue weighted by molar-refractivity contribution is -0.138. The van der Waals surface area contributed by atoms with Gasteiger partial charge in [-0.2, -0.15) is 4.98 Å². The molecule has 0 atom stereocenters. The molecule has 8 heteroatoms. The van der Waals surface area contributed by atoms with Gasteiger partial charge in [-0.1, -0.05) is 12.8 Å². The topological polar surface area (TPSA) is 134 Å². The molecule has 5 N–H and O–H groups in total. The molecule has 0 unspecified atom stereocenters. The summed E-state index contributed by atoms with van der Waals surface area (Å²) in [6.07, 6.45) is 3.06. The van der Waals surface area contributed by atoms with Crippen molar-refractivity contribution in [2.24, 2.45) is 0 Å². The number of H-pyrrole nitrogens is 1. The number of amides is 1. The minimum absolute atomic E-state index is 0.00386. The zero-order valence-electron chi connectivity index (χ0n) is 9.77. The van der Waals surface area contributed by atoms with Crippen LogP contribution < -0.4 is 11.1 Å². The zero-order chi connectivity index (χ0) is 13.2. The number of nitrogens with one attached hydrogen (secondary N) is 2. The summed E-state index contributed by atoms with van der Waals surface area (Å²) in [7, 11) is 0. The van der Waals surface area contributed by atoms with Crippen LogP contribution in [0.3, 0.4) is 0 Å². The highest BCUT2D eigenvalue weighted by Crippen LogP contribution is 2.32. The molecule has 0 bridgehead atoms. The van der Waals surface area contributed by atoms with Crippen molar-refractivity contribution in [3.8, 4) is 0 Å². The van der Waals surface area contributed by atoms with Gasteiger partial charge in [0.25, 0.3) is 5.91 Å². The number of nitrogens with two attached hydrogens (primary N) is 1. The van der Waals surface area contributed by atoms with Crippen LogP contribution in [0.15, 0.2) is 0 Å². The summed E-state index contributed by atoms with van der Waals surface area (Å²) in [5, 5.41) is 17.6. The van der Waals surface area contributed by atoms with Crippen LogP contribution in [0.4, 0.5) is 5.95 Å². The average Bonchev–Trinajstić information content (AvgIpc) is 2.87. The molecular weight excluding hydrogens is 238 g/mol. The molecule has 1 aromatic heterocycles. The van der Waals surface area contributed by atoms with E-state index >= 15 is 0 Å². The van der Waals surface area contributed by atoms with Crippen LogP contribution in [0.1, 0.15) is 42.7 Å². The molecule has 0 spiro atoms. The summed E-state index contributed by atoms with van der Waals surface area (Å²) in [6, 6.07) is 0. The number of aromatic amines is 1. The number of rotatable bonds is 4. The molecule has 0 saturated heterocycles.